The number of anilines is 1. The molecule has 2 aromatic rings. The predicted octanol–water partition coefficient (Wildman–Crippen LogP) is 3.18. The molecule has 0 saturated carbocycles. The lowest BCUT2D eigenvalue weighted by atomic mass is 10.1. The predicted molar refractivity (Wildman–Crippen MR) is 72.7 cm³/mol. The van der Waals surface area contributed by atoms with Crippen LogP contribution in [-0.4, -0.2) is 11.9 Å². The van der Waals surface area contributed by atoms with E-state index in [9.17, 15) is 9.50 Å². The lowest BCUT2D eigenvalue weighted by Crippen LogP contribution is -2.02. The summed E-state index contributed by atoms with van der Waals surface area (Å²) in [6, 6.07) is 8.04. The Morgan fingerprint density at radius 2 is 1.95 bits per heavy atom. The summed E-state index contributed by atoms with van der Waals surface area (Å²) in [5.74, 6) is 0.878. The molecule has 4 nitrogen and oxygen atoms in total. The van der Waals surface area contributed by atoms with Gasteiger partial charge in [-0.15, -0.1) is 0 Å². The van der Waals surface area contributed by atoms with Crippen LogP contribution in [0.4, 0.5) is 10.1 Å². The summed E-state index contributed by atoms with van der Waals surface area (Å²) < 4.78 is 24.0. The summed E-state index contributed by atoms with van der Waals surface area (Å²) >= 11 is 0. The van der Waals surface area contributed by atoms with E-state index in [0.717, 1.165) is 5.56 Å². The van der Waals surface area contributed by atoms with E-state index < -0.39 is 0 Å². The molecule has 0 atom stereocenters. The molecule has 0 radical (unpaired) electrons. The summed E-state index contributed by atoms with van der Waals surface area (Å²) in [5.41, 5.74) is 1.99. The van der Waals surface area contributed by atoms with Gasteiger partial charge in [0.25, 0.3) is 0 Å². The van der Waals surface area contributed by atoms with E-state index in [1.807, 2.05) is 6.92 Å². The topological polar surface area (TPSA) is 50.7 Å². The Hall–Kier alpha value is -2.43. The van der Waals surface area contributed by atoms with Gasteiger partial charge in [0.15, 0.2) is 11.5 Å². The maximum absolute atomic E-state index is 13.6. The highest BCUT2D eigenvalue weighted by Crippen LogP contribution is 2.37. The Labute approximate surface area is 115 Å². The van der Waals surface area contributed by atoms with E-state index in [2.05, 4.69) is 5.32 Å². The molecule has 1 heterocycles. The number of hydrogen-bond donors (Lipinski definition) is 2. The molecule has 1 aliphatic heterocycles. The van der Waals surface area contributed by atoms with Crippen LogP contribution in [0.3, 0.4) is 0 Å². The van der Waals surface area contributed by atoms with Gasteiger partial charge in [0.2, 0.25) is 6.79 Å². The third kappa shape index (κ3) is 2.34. The first-order valence-corrected chi connectivity index (χ1v) is 6.25. The van der Waals surface area contributed by atoms with Crippen LogP contribution in [0.15, 0.2) is 30.3 Å². The Balaban J connectivity index is 1.80. The Bertz CT molecular complexity index is 658. The zero-order valence-electron chi connectivity index (χ0n) is 10.9. The SMILES string of the molecule is Cc1ccc(F)c(NCc2cc3c(cc2O)OCO3)c1. The van der Waals surface area contributed by atoms with Gasteiger partial charge in [-0.2, -0.15) is 0 Å². The van der Waals surface area contributed by atoms with Crippen molar-refractivity contribution >= 4 is 5.69 Å². The average molecular weight is 275 g/mol. The Kier molecular flexibility index (Phi) is 3.10. The molecule has 0 amide bonds. The number of hydrogen-bond acceptors (Lipinski definition) is 4. The minimum atomic E-state index is -0.323. The summed E-state index contributed by atoms with van der Waals surface area (Å²) in [6.45, 7) is 2.34. The molecular formula is C15H14FNO3. The molecule has 2 N–H and O–H groups in total. The van der Waals surface area contributed by atoms with Crippen molar-refractivity contribution in [1.82, 2.24) is 0 Å². The minimum Gasteiger partial charge on any atom is -0.507 e. The zero-order chi connectivity index (χ0) is 14.1. The molecule has 0 aliphatic carbocycles. The first kappa shape index (κ1) is 12.6. The van der Waals surface area contributed by atoms with Crippen molar-refractivity contribution in [3.63, 3.8) is 0 Å². The standard InChI is InChI=1S/C15H14FNO3/c1-9-2-3-11(16)12(4-9)17-7-10-5-14-15(6-13(10)18)20-8-19-14/h2-6,17-18H,7-8H2,1H3. The minimum absolute atomic E-state index is 0.0924. The van der Waals surface area contributed by atoms with Gasteiger partial charge in [-0.1, -0.05) is 6.07 Å². The lowest BCUT2D eigenvalue weighted by Gasteiger charge is -2.10. The van der Waals surface area contributed by atoms with Crippen LogP contribution < -0.4 is 14.8 Å². The first-order chi connectivity index (χ1) is 9.63. The van der Waals surface area contributed by atoms with E-state index in [4.69, 9.17) is 9.47 Å². The van der Waals surface area contributed by atoms with E-state index in [-0.39, 0.29) is 18.4 Å². The van der Waals surface area contributed by atoms with Gasteiger partial charge in [0, 0.05) is 18.2 Å². The second kappa shape index (κ2) is 4.92. The van der Waals surface area contributed by atoms with Crippen molar-refractivity contribution in [3.8, 4) is 17.2 Å². The normalized spacial score (nSPS) is 12.5. The summed E-state index contributed by atoms with van der Waals surface area (Å²) in [4.78, 5) is 0. The molecule has 0 spiro atoms. The maximum Gasteiger partial charge on any atom is 0.231 e. The van der Waals surface area contributed by atoms with Crippen LogP contribution in [0.1, 0.15) is 11.1 Å². The van der Waals surface area contributed by atoms with Crippen molar-refractivity contribution in [1.29, 1.82) is 0 Å². The number of aryl methyl sites for hydroxylation is 1. The highest BCUT2D eigenvalue weighted by molar-refractivity contribution is 5.53. The Morgan fingerprint density at radius 3 is 2.75 bits per heavy atom. The fourth-order valence-electron chi connectivity index (χ4n) is 2.08. The Morgan fingerprint density at radius 1 is 1.20 bits per heavy atom. The number of aromatic hydroxyl groups is 1. The van der Waals surface area contributed by atoms with Crippen LogP contribution in [0.25, 0.3) is 0 Å². The quantitative estimate of drug-likeness (QED) is 0.903. The van der Waals surface area contributed by atoms with E-state index in [1.165, 1.54) is 12.1 Å². The van der Waals surface area contributed by atoms with Gasteiger partial charge < -0.3 is 19.9 Å². The summed E-state index contributed by atoms with van der Waals surface area (Å²) in [6.07, 6.45) is 0. The second-order valence-corrected chi connectivity index (χ2v) is 4.67. The fourth-order valence-corrected chi connectivity index (χ4v) is 2.08. The number of phenolic OH excluding ortho intramolecular Hbond substituents is 1. The zero-order valence-corrected chi connectivity index (χ0v) is 10.9. The third-order valence-electron chi connectivity index (χ3n) is 3.16. The van der Waals surface area contributed by atoms with Gasteiger partial charge in [0.1, 0.15) is 11.6 Å². The van der Waals surface area contributed by atoms with Crippen molar-refractivity contribution in [2.24, 2.45) is 0 Å². The molecule has 0 unspecified atom stereocenters. The highest BCUT2D eigenvalue weighted by Gasteiger charge is 2.17. The van der Waals surface area contributed by atoms with E-state index >= 15 is 0 Å². The first-order valence-electron chi connectivity index (χ1n) is 6.25. The number of ether oxygens (including phenoxy) is 2. The molecule has 20 heavy (non-hydrogen) atoms. The molecule has 0 bridgehead atoms. The number of benzene rings is 2. The number of nitrogens with one attached hydrogen (secondary N) is 1. The van der Waals surface area contributed by atoms with Crippen LogP contribution in [0.2, 0.25) is 0 Å². The average Bonchev–Trinajstić information content (AvgIpc) is 2.86. The van der Waals surface area contributed by atoms with Crippen molar-refractivity contribution < 1.29 is 19.0 Å². The second-order valence-electron chi connectivity index (χ2n) is 4.67. The van der Waals surface area contributed by atoms with Gasteiger partial charge >= 0.3 is 0 Å². The van der Waals surface area contributed by atoms with Crippen molar-refractivity contribution in [2.45, 2.75) is 13.5 Å². The summed E-state index contributed by atoms with van der Waals surface area (Å²) in [5, 5.41) is 12.9. The fraction of sp³-hybridized carbons (Fsp3) is 0.200. The van der Waals surface area contributed by atoms with Gasteiger partial charge in [0.05, 0.1) is 5.69 Å². The largest absolute Gasteiger partial charge is 0.507 e. The molecule has 2 aromatic carbocycles. The van der Waals surface area contributed by atoms with Gasteiger partial charge in [-0.25, -0.2) is 4.39 Å². The van der Waals surface area contributed by atoms with Crippen LogP contribution in [0.5, 0.6) is 17.2 Å². The van der Waals surface area contributed by atoms with Crippen LogP contribution >= 0.6 is 0 Å². The van der Waals surface area contributed by atoms with Gasteiger partial charge in [-0.3, -0.25) is 0 Å². The molecule has 0 aromatic heterocycles. The van der Waals surface area contributed by atoms with Gasteiger partial charge in [-0.05, 0) is 30.7 Å². The summed E-state index contributed by atoms with van der Waals surface area (Å²) in [7, 11) is 0. The third-order valence-corrected chi connectivity index (χ3v) is 3.16. The van der Waals surface area contributed by atoms with Crippen LogP contribution in [-0.2, 0) is 6.54 Å². The molecule has 0 saturated heterocycles. The monoisotopic (exact) mass is 275 g/mol. The molecule has 3 rings (SSSR count). The lowest BCUT2D eigenvalue weighted by molar-refractivity contribution is 0.174. The molecule has 5 heteroatoms. The maximum atomic E-state index is 13.6. The van der Waals surface area contributed by atoms with E-state index in [0.29, 0.717) is 29.3 Å². The number of rotatable bonds is 3. The number of fused-ring (bicyclic) bond motifs is 1. The number of halogens is 1. The molecular weight excluding hydrogens is 261 g/mol. The van der Waals surface area contributed by atoms with E-state index in [1.54, 1.807) is 18.2 Å². The molecule has 1 aliphatic rings. The molecule has 0 fully saturated rings. The van der Waals surface area contributed by atoms with Crippen molar-refractivity contribution in [2.75, 3.05) is 12.1 Å². The van der Waals surface area contributed by atoms with Crippen molar-refractivity contribution in [3.05, 3.63) is 47.3 Å². The smallest absolute Gasteiger partial charge is 0.231 e. The number of phenols is 1. The molecule has 104 valence electrons. The highest BCUT2D eigenvalue weighted by atomic mass is 19.1. The van der Waals surface area contributed by atoms with Crippen LogP contribution in [0, 0.1) is 12.7 Å².